The van der Waals surface area contributed by atoms with Crippen LogP contribution in [0.25, 0.3) is 0 Å². The van der Waals surface area contributed by atoms with Crippen molar-refractivity contribution < 1.29 is 33.6 Å². The molecule has 0 unspecified atom stereocenters. The van der Waals surface area contributed by atoms with Crippen molar-refractivity contribution >= 4 is 33.5 Å². The Labute approximate surface area is 185 Å². The van der Waals surface area contributed by atoms with E-state index in [4.69, 9.17) is 24.1 Å². The minimum Gasteiger partial charge on any atom is -0.481 e. The Morgan fingerprint density at radius 2 is 1.53 bits per heavy atom. The summed E-state index contributed by atoms with van der Waals surface area (Å²) < 4.78 is 21.1. The highest BCUT2D eigenvalue weighted by molar-refractivity contribution is 8.76. The smallest absolute Gasteiger partial charge is 0.305 e. The summed E-state index contributed by atoms with van der Waals surface area (Å²) >= 11 is 0. The average molecular weight is 463 g/mol. The monoisotopic (exact) mass is 462 g/mol. The maximum atomic E-state index is 11.7. The van der Waals surface area contributed by atoms with Crippen LogP contribution in [0.5, 0.6) is 0 Å². The molecule has 1 aromatic rings. The Morgan fingerprint density at radius 3 is 2.13 bits per heavy atom. The molecule has 2 N–H and O–H groups in total. The molecule has 0 fully saturated rings. The third kappa shape index (κ3) is 17.5. The summed E-state index contributed by atoms with van der Waals surface area (Å²) in [6.07, 6.45) is 2.20. The second-order valence-corrected chi connectivity index (χ2v) is 8.20. The van der Waals surface area contributed by atoms with Crippen molar-refractivity contribution in [2.24, 2.45) is 0 Å². The van der Waals surface area contributed by atoms with Gasteiger partial charge in [-0.1, -0.05) is 16.9 Å². The molecule has 0 radical (unpaired) electrons. The number of rotatable bonds is 20. The van der Waals surface area contributed by atoms with Crippen molar-refractivity contribution in [1.29, 1.82) is 0 Å². The largest absolute Gasteiger partial charge is 0.481 e. The zero-order valence-electron chi connectivity index (χ0n) is 17.0. The Bertz CT molecular complexity index is 567. The number of carboxylic acid groups (broad SMARTS) is 1. The van der Waals surface area contributed by atoms with E-state index in [1.54, 1.807) is 27.8 Å². The van der Waals surface area contributed by atoms with Crippen LogP contribution in [0.3, 0.4) is 0 Å². The first-order valence-corrected chi connectivity index (χ1v) is 12.0. The molecule has 0 bridgehead atoms. The van der Waals surface area contributed by atoms with E-state index >= 15 is 0 Å². The van der Waals surface area contributed by atoms with Crippen LogP contribution in [0.15, 0.2) is 29.4 Å². The fourth-order valence-corrected chi connectivity index (χ4v) is 3.77. The number of aromatic nitrogens is 1. The number of ether oxygens (including phenoxy) is 4. The summed E-state index contributed by atoms with van der Waals surface area (Å²) in [4.78, 5) is 26.2. The Morgan fingerprint density at radius 1 is 0.900 bits per heavy atom. The zero-order chi connectivity index (χ0) is 21.7. The number of aliphatic carboxylic acids is 1. The first-order chi connectivity index (χ1) is 14.7. The number of carboxylic acids is 1. The van der Waals surface area contributed by atoms with Gasteiger partial charge in [0, 0.05) is 24.9 Å². The van der Waals surface area contributed by atoms with Gasteiger partial charge < -0.3 is 29.4 Å². The summed E-state index contributed by atoms with van der Waals surface area (Å²) in [5, 5.41) is 12.2. The van der Waals surface area contributed by atoms with Gasteiger partial charge in [-0.25, -0.2) is 4.98 Å². The van der Waals surface area contributed by atoms with E-state index < -0.39 is 5.97 Å². The van der Waals surface area contributed by atoms with Gasteiger partial charge in [0.2, 0.25) is 5.91 Å². The molecular formula is C19H30N2O7S2. The van der Waals surface area contributed by atoms with Crippen LogP contribution in [0, 0.1) is 0 Å². The van der Waals surface area contributed by atoms with Crippen molar-refractivity contribution in [3.05, 3.63) is 24.4 Å². The molecule has 1 heterocycles. The molecule has 1 aromatic heterocycles. The number of amides is 1. The lowest BCUT2D eigenvalue weighted by molar-refractivity contribution is -0.138. The standard InChI is InChI=1S/C19H30N2O7S2/c22-17(5-16-29-30-18-3-1-2-6-21-18)20-7-9-26-11-13-28-15-14-27-12-10-25-8-4-19(23)24/h1-3,6H,4-5,7-16H2,(H,20,22)(H,23,24). The minimum atomic E-state index is -0.875. The van der Waals surface area contributed by atoms with Crippen LogP contribution in [-0.2, 0) is 28.5 Å². The third-order valence-electron chi connectivity index (χ3n) is 3.34. The van der Waals surface area contributed by atoms with E-state index in [0.29, 0.717) is 59.2 Å². The molecular weight excluding hydrogens is 432 g/mol. The SMILES string of the molecule is O=C(O)CCOCCOCCOCCOCCNC(=O)CCSSc1ccccn1. The molecule has 9 nitrogen and oxygen atoms in total. The summed E-state index contributed by atoms with van der Waals surface area (Å²) in [6.45, 7) is 3.66. The summed E-state index contributed by atoms with van der Waals surface area (Å²) in [7, 11) is 3.17. The Hall–Kier alpha value is -1.37. The highest BCUT2D eigenvalue weighted by Crippen LogP contribution is 2.29. The third-order valence-corrected chi connectivity index (χ3v) is 5.61. The number of hydrogen-bond acceptors (Lipinski definition) is 9. The maximum Gasteiger partial charge on any atom is 0.305 e. The number of carbonyl (C=O) groups is 2. The molecule has 1 rings (SSSR count). The summed E-state index contributed by atoms with van der Waals surface area (Å²) in [5.74, 6) is -0.147. The molecule has 0 saturated heterocycles. The molecule has 0 aliphatic carbocycles. The zero-order valence-corrected chi connectivity index (χ0v) is 18.6. The van der Waals surface area contributed by atoms with Crippen LogP contribution in [0.1, 0.15) is 12.8 Å². The lowest BCUT2D eigenvalue weighted by atomic mass is 10.4. The molecule has 0 spiro atoms. The first-order valence-electron chi connectivity index (χ1n) is 9.68. The maximum absolute atomic E-state index is 11.7. The fraction of sp³-hybridized carbons (Fsp3) is 0.632. The van der Waals surface area contributed by atoms with E-state index in [1.807, 2.05) is 18.2 Å². The number of carbonyl (C=O) groups excluding carboxylic acids is 1. The molecule has 1 amide bonds. The van der Waals surface area contributed by atoms with E-state index in [-0.39, 0.29) is 18.9 Å². The van der Waals surface area contributed by atoms with Gasteiger partial charge in [0.15, 0.2) is 0 Å². The molecule has 11 heteroatoms. The summed E-state index contributed by atoms with van der Waals surface area (Å²) in [5.41, 5.74) is 0. The van der Waals surface area contributed by atoms with Crippen molar-refractivity contribution in [2.75, 3.05) is 65.2 Å². The van der Waals surface area contributed by atoms with Crippen molar-refractivity contribution in [3.8, 4) is 0 Å². The second-order valence-electron chi connectivity index (χ2n) is 5.77. The Balaban J connectivity index is 1.75. The average Bonchev–Trinajstić information content (AvgIpc) is 2.74. The first kappa shape index (κ1) is 26.7. The van der Waals surface area contributed by atoms with Crippen LogP contribution < -0.4 is 5.32 Å². The molecule has 0 atom stereocenters. The van der Waals surface area contributed by atoms with Gasteiger partial charge in [0.05, 0.1) is 59.3 Å². The predicted molar refractivity (Wildman–Crippen MR) is 116 cm³/mol. The van der Waals surface area contributed by atoms with E-state index in [0.717, 1.165) is 10.8 Å². The van der Waals surface area contributed by atoms with Crippen LogP contribution in [0.4, 0.5) is 0 Å². The highest BCUT2D eigenvalue weighted by Gasteiger charge is 2.02. The number of hydrogen-bond donors (Lipinski definition) is 2. The van der Waals surface area contributed by atoms with Crippen LogP contribution in [0.2, 0.25) is 0 Å². The normalized spacial score (nSPS) is 10.8. The lowest BCUT2D eigenvalue weighted by Gasteiger charge is -2.08. The number of nitrogens with one attached hydrogen (secondary N) is 1. The van der Waals surface area contributed by atoms with Gasteiger partial charge >= 0.3 is 5.97 Å². The molecule has 30 heavy (non-hydrogen) atoms. The number of pyridine rings is 1. The predicted octanol–water partition coefficient (Wildman–Crippen LogP) is 1.87. The summed E-state index contributed by atoms with van der Waals surface area (Å²) in [6, 6.07) is 5.75. The van der Waals surface area contributed by atoms with Crippen LogP contribution >= 0.6 is 21.6 Å². The van der Waals surface area contributed by atoms with Gasteiger partial charge in [0.1, 0.15) is 5.03 Å². The molecule has 0 saturated carbocycles. The van der Waals surface area contributed by atoms with E-state index in [9.17, 15) is 9.59 Å². The fourth-order valence-electron chi connectivity index (χ4n) is 1.91. The quantitative estimate of drug-likeness (QED) is 0.220. The van der Waals surface area contributed by atoms with Crippen molar-refractivity contribution in [1.82, 2.24) is 10.3 Å². The van der Waals surface area contributed by atoms with Crippen molar-refractivity contribution in [2.45, 2.75) is 17.9 Å². The van der Waals surface area contributed by atoms with E-state index in [2.05, 4.69) is 10.3 Å². The minimum absolute atomic E-state index is 0.00229. The topological polar surface area (TPSA) is 116 Å². The molecule has 0 aromatic carbocycles. The van der Waals surface area contributed by atoms with Gasteiger partial charge in [0.25, 0.3) is 0 Å². The van der Waals surface area contributed by atoms with Gasteiger partial charge in [-0.2, -0.15) is 0 Å². The Kier molecular flexibility index (Phi) is 17.4. The van der Waals surface area contributed by atoms with Crippen LogP contribution in [-0.4, -0.2) is 87.1 Å². The van der Waals surface area contributed by atoms with Crippen molar-refractivity contribution in [3.63, 3.8) is 0 Å². The van der Waals surface area contributed by atoms with Gasteiger partial charge in [-0.05, 0) is 22.9 Å². The molecule has 170 valence electrons. The molecule has 0 aliphatic heterocycles. The number of nitrogens with zero attached hydrogens (tertiary/aromatic N) is 1. The second kappa shape index (κ2) is 19.6. The van der Waals surface area contributed by atoms with Gasteiger partial charge in [-0.3, -0.25) is 9.59 Å². The lowest BCUT2D eigenvalue weighted by Crippen LogP contribution is -2.27. The van der Waals surface area contributed by atoms with Gasteiger partial charge in [-0.15, -0.1) is 0 Å². The molecule has 0 aliphatic rings. The highest BCUT2D eigenvalue weighted by atomic mass is 33.1. The van der Waals surface area contributed by atoms with E-state index in [1.165, 1.54) is 0 Å².